The fourth-order valence-electron chi connectivity index (χ4n) is 8.11. The number of carbonyl (C=O) groups is 4. The summed E-state index contributed by atoms with van der Waals surface area (Å²) in [6.45, 7) is 8.28. The van der Waals surface area contributed by atoms with E-state index in [1.807, 2.05) is 52.0 Å². The van der Waals surface area contributed by atoms with E-state index in [0.717, 1.165) is 11.3 Å². The molecule has 4 heterocycles. The van der Waals surface area contributed by atoms with Crippen LogP contribution in [0.1, 0.15) is 69.1 Å². The van der Waals surface area contributed by atoms with Gasteiger partial charge in [0.1, 0.15) is 41.6 Å². The number of hydrogen-bond donors (Lipinski definition) is 5. The molecule has 2 saturated heterocycles. The van der Waals surface area contributed by atoms with Crippen molar-refractivity contribution in [3.63, 3.8) is 0 Å². The van der Waals surface area contributed by atoms with Gasteiger partial charge in [-0.15, -0.1) is 0 Å². The summed E-state index contributed by atoms with van der Waals surface area (Å²) in [6, 6.07) is 23.8. The summed E-state index contributed by atoms with van der Waals surface area (Å²) in [5.74, 6) is -1.59. The molecule has 0 radical (unpaired) electrons. The SMILES string of the molecule is COc1cc(N2CCC(OCC(=O)N[C@H](C(=O)N3C[C@H](O)C[C@H]3C(=O)N[C@@H](C)c3ccc(-c4ccccc4F)cc3)C(C)(C)C)CC2)ccc1NC(=O)c1cccc(-c2cc[nH]n2)n1. The smallest absolute Gasteiger partial charge is 0.274 e. The molecule has 2 fully saturated rings. The second-order valence-electron chi connectivity index (χ2n) is 17.3. The van der Waals surface area contributed by atoms with Crippen LogP contribution in [-0.4, -0.2) is 106 Å². The summed E-state index contributed by atoms with van der Waals surface area (Å²) >= 11 is 0. The van der Waals surface area contributed by atoms with Gasteiger partial charge in [-0.3, -0.25) is 24.3 Å². The van der Waals surface area contributed by atoms with Gasteiger partial charge in [0.15, 0.2) is 0 Å². The maximum absolute atomic E-state index is 14.3. The quantitative estimate of drug-likeness (QED) is 0.0899. The molecule has 4 atom stereocenters. The molecule has 3 aromatic carbocycles. The zero-order valence-corrected chi connectivity index (χ0v) is 36.6. The van der Waals surface area contributed by atoms with Crippen molar-refractivity contribution in [1.29, 1.82) is 0 Å². The van der Waals surface area contributed by atoms with Gasteiger partial charge in [0, 0.05) is 49.6 Å². The molecule has 0 spiro atoms. The molecule has 0 aliphatic carbocycles. The van der Waals surface area contributed by atoms with Gasteiger partial charge in [-0.2, -0.15) is 5.10 Å². The van der Waals surface area contributed by atoms with Gasteiger partial charge >= 0.3 is 0 Å². The fraction of sp³-hybridized carbons (Fsp3) is 0.375. The highest BCUT2D eigenvalue weighted by Crippen LogP contribution is 2.33. The highest BCUT2D eigenvalue weighted by molar-refractivity contribution is 6.04. The van der Waals surface area contributed by atoms with E-state index in [4.69, 9.17) is 9.47 Å². The van der Waals surface area contributed by atoms with Crippen molar-refractivity contribution >= 4 is 35.0 Å². The molecule has 7 rings (SSSR count). The number of nitrogens with zero attached hydrogens (tertiary/aromatic N) is 4. The molecule has 2 aromatic heterocycles. The van der Waals surface area contributed by atoms with Gasteiger partial charge in [-0.1, -0.05) is 69.3 Å². The van der Waals surface area contributed by atoms with Crippen molar-refractivity contribution in [2.75, 3.05) is 43.6 Å². The van der Waals surface area contributed by atoms with Gasteiger partial charge in [0.2, 0.25) is 17.7 Å². The molecular formula is C48H55FN8O7. The van der Waals surface area contributed by atoms with Crippen molar-refractivity contribution in [2.24, 2.45) is 5.41 Å². The van der Waals surface area contributed by atoms with Crippen LogP contribution in [0.3, 0.4) is 0 Å². The van der Waals surface area contributed by atoms with E-state index < -0.39 is 47.4 Å². The van der Waals surface area contributed by atoms with Crippen molar-refractivity contribution < 1.29 is 38.1 Å². The standard InChI is InChI=1S/C48H55FN8O7/c1-29(30-13-15-31(16-14-30)35-9-6-7-10-36(35)49)51-46(61)41-26-33(58)27-57(41)47(62)44(48(2,3)4)54-43(59)28-64-34-20-23-56(24-21-34)32-17-18-39(42(25-32)63-5)53-45(60)40-12-8-11-37(52-40)38-19-22-50-55-38/h6-19,22,25,29,33-34,41,44,58H,20-21,23-24,26-28H2,1-5H3,(H,50,55)(H,51,61)(H,53,60)(H,54,59)/t29-,33+,41-,44+/m0/s1. The monoisotopic (exact) mass is 874 g/mol. The zero-order chi connectivity index (χ0) is 45.5. The Kier molecular flexibility index (Phi) is 14.0. The number of methoxy groups -OCH3 is 1. The number of halogens is 1. The molecule has 336 valence electrons. The van der Waals surface area contributed by atoms with Crippen LogP contribution in [0.4, 0.5) is 15.8 Å². The molecule has 2 aliphatic heterocycles. The molecule has 64 heavy (non-hydrogen) atoms. The van der Waals surface area contributed by atoms with Crippen LogP contribution in [0.15, 0.2) is 97.2 Å². The first-order valence-electron chi connectivity index (χ1n) is 21.4. The molecule has 16 heteroatoms. The number of ether oxygens (including phenoxy) is 2. The Morgan fingerprint density at radius 2 is 1.69 bits per heavy atom. The van der Waals surface area contributed by atoms with Gasteiger partial charge in [0.05, 0.1) is 36.7 Å². The largest absolute Gasteiger partial charge is 0.494 e. The molecule has 0 unspecified atom stereocenters. The van der Waals surface area contributed by atoms with E-state index >= 15 is 0 Å². The van der Waals surface area contributed by atoms with Crippen molar-refractivity contribution in [3.05, 3.63) is 114 Å². The molecule has 4 amide bonds. The van der Waals surface area contributed by atoms with Gasteiger partial charge in [-0.05, 0) is 72.7 Å². The normalized spacial score (nSPS) is 17.7. The number of aliphatic hydroxyl groups excluding tert-OH is 1. The number of aromatic amines is 1. The van der Waals surface area contributed by atoms with E-state index in [9.17, 15) is 28.7 Å². The van der Waals surface area contributed by atoms with Crippen molar-refractivity contribution in [2.45, 2.75) is 77.3 Å². The predicted molar refractivity (Wildman–Crippen MR) is 240 cm³/mol. The van der Waals surface area contributed by atoms with E-state index in [0.29, 0.717) is 59.9 Å². The minimum absolute atomic E-state index is 0.0526. The van der Waals surface area contributed by atoms with Crippen LogP contribution in [0.5, 0.6) is 5.75 Å². The Hall–Kier alpha value is -6.65. The second-order valence-corrected chi connectivity index (χ2v) is 17.3. The van der Waals surface area contributed by atoms with E-state index in [1.165, 1.54) is 11.0 Å². The van der Waals surface area contributed by atoms with Crippen LogP contribution in [0.2, 0.25) is 0 Å². The number of hydrogen-bond acceptors (Lipinski definition) is 10. The third-order valence-corrected chi connectivity index (χ3v) is 11.7. The average Bonchev–Trinajstić information content (AvgIpc) is 3.98. The fourth-order valence-corrected chi connectivity index (χ4v) is 8.11. The van der Waals surface area contributed by atoms with Crippen LogP contribution in [0, 0.1) is 11.2 Å². The number of anilines is 2. The number of aliphatic hydroxyl groups is 1. The maximum atomic E-state index is 14.3. The summed E-state index contributed by atoms with van der Waals surface area (Å²) in [5, 5.41) is 26.3. The molecule has 0 bridgehead atoms. The number of carbonyl (C=O) groups excluding carboxylic acids is 4. The van der Waals surface area contributed by atoms with Crippen LogP contribution >= 0.6 is 0 Å². The van der Waals surface area contributed by atoms with Gasteiger partial charge < -0.3 is 40.3 Å². The second kappa shape index (κ2) is 19.8. The first-order valence-corrected chi connectivity index (χ1v) is 21.4. The summed E-state index contributed by atoms with van der Waals surface area (Å²) in [6.07, 6.45) is 1.91. The molecule has 0 saturated carbocycles. The Bertz CT molecular complexity index is 2430. The first kappa shape index (κ1) is 45.4. The predicted octanol–water partition coefficient (Wildman–Crippen LogP) is 5.89. The Balaban J connectivity index is 0.898. The number of rotatable bonds is 14. The lowest BCUT2D eigenvalue weighted by Gasteiger charge is -2.36. The highest BCUT2D eigenvalue weighted by Gasteiger charge is 2.45. The maximum Gasteiger partial charge on any atom is 0.274 e. The first-order chi connectivity index (χ1) is 30.7. The number of benzene rings is 3. The Morgan fingerprint density at radius 3 is 2.38 bits per heavy atom. The lowest BCUT2D eigenvalue weighted by Crippen LogP contribution is -2.58. The minimum atomic E-state index is -1.000. The van der Waals surface area contributed by atoms with Gasteiger partial charge in [0.25, 0.3) is 5.91 Å². The van der Waals surface area contributed by atoms with E-state index in [1.54, 1.807) is 74.0 Å². The minimum Gasteiger partial charge on any atom is -0.494 e. The summed E-state index contributed by atoms with van der Waals surface area (Å²) in [5.41, 5.74) is 4.06. The number of aromatic nitrogens is 3. The molecule has 5 N–H and O–H groups in total. The highest BCUT2D eigenvalue weighted by atomic mass is 19.1. The van der Waals surface area contributed by atoms with Crippen LogP contribution in [0.25, 0.3) is 22.5 Å². The number of likely N-dealkylation sites (tertiary alicyclic amines) is 1. The number of amides is 4. The summed E-state index contributed by atoms with van der Waals surface area (Å²) in [7, 11) is 1.54. The van der Waals surface area contributed by atoms with E-state index in [2.05, 4.69) is 36.0 Å². The lowest BCUT2D eigenvalue weighted by atomic mass is 9.85. The van der Waals surface area contributed by atoms with Crippen LogP contribution < -0.4 is 25.6 Å². The number of H-pyrrole nitrogens is 1. The molecule has 5 aromatic rings. The van der Waals surface area contributed by atoms with Crippen molar-refractivity contribution in [1.82, 2.24) is 30.7 Å². The number of pyridine rings is 1. The topological polar surface area (TPSA) is 191 Å². The van der Waals surface area contributed by atoms with Crippen molar-refractivity contribution in [3.8, 4) is 28.3 Å². The number of piperidine rings is 1. The van der Waals surface area contributed by atoms with E-state index in [-0.39, 0.29) is 43.1 Å². The van der Waals surface area contributed by atoms with Gasteiger partial charge in [-0.25, -0.2) is 9.37 Å². The molecule has 15 nitrogen and oxygen atoms in total. The number of nitrogens with one attached hydrogen (secondary N) is 4. The van der Waals surface area contributed by atoms with Crippen LogP contribution in [-0.2, 0) is 19.1 Å². The average molecular weight is 875 g/mol. The summed E-state index contributed by atoms with van der Waals surface area (Å²) in [4.78, 5) is 62.4. The third-order valence-electron chi connectivity index (χ3n) is 11.7. The number of β-amino-alcohol motifs (C(OH)–C–C–N with tert-alkyl or cyclic N) is 1. The molecular weight excluding hydrogens is 820 g/mol. The Morgan fingerprint density at radius 1 is 0.938 bits per heavy atom. The lowest BCUT2D eigenvalue weighted by molar-refractivity contribution is -0.145. The molecule has 2 aliphatic rings. The summed E-state index contributed by atoms with van der Waals surface area (Å²) < 4.78 is 26.1. The third kappa shape index (κ3) is 10.7. The zero-order valence-electron chi connectivity index (χ0n) is 36.6. The Labute approximate surface area is 371 Å².